The lowest BCUT2D eigenvalue weighted by Crippen LogP contribution is -2.54. The third-order valence-electron chi connectivity index (χ3n) is 5.02. The summed E-state index contributed by atoms with van der Waals surface area (Å²) in [6, 6.07) is 2.35. The van der Waals surface area contributed by atoms with Crippen molar-refractivity contribution in [2.45, 2.75) is 70.9 Å². The van der Waals surface area contributed by atoms with Crippen LogP contribution in [0.3, 0.4) is 0 Å². The second-order valence-electron chi connectivity index (χ2n) is 8.25. The number of ether oxygens (including phenoxy) is 1. The first-order chi connectivity index (χ1) is 11.8. The number of piperazine rings is 1. The highest BCUT2D eigenvalue weighted by Gasteiger charge is 2.31. The predicted molar refractivity (Wildman–Crippen MR) is 97.9 cm³/mol. The van der Waals surface area contributed by atoms with Crippen LogP contribution in [0, 0.1) is 0 Å². The van der Waals surface area contributed by atoms with Gasteiger partial charge in [0, 0.05) is 43.4 Å². The summed E-state index contributed by atoms with van der Waals surface area (Å²) in [4.78, 5) is 25.4. The molecule has 0 radical (unpaired) electrons. The fourth-order valence-corrected chi connectivity index (χ4v) is 3.75. The Morgan fingerprint density at radius 2 is 1.92 bits per heavy atom. The molecule has 0 N–H and O–H groups in total. The predicted octanol–water partition coefficient (Wildman–Crippen LogP) is 3.58. The van der Waals surface area contributed by atoms with Gasteiger partial charge in [-0.1, -0.05) is 12.8 Å². The normalized spacial score (nSPS) is 22.3. The van der Waals surface area contributed by atoms with Crippen molar-refractivity contribution in [2.75, 3.05) is 24.5 Å². The van der Waals surface area contributed by atoms with Gasteiger partial charge in [0.2, 0.25) is 0 Å². The average Bonchev–Trinajstić information content (AvgIpc) is 3.08. The minimum Gasteiger partial charge on any atom is -0.444 e. The molecule has 25 heavy (non-hydrogen) atoms. The largest absolute Gasteiger partial charge is 0.444 e. The molecule has 6 nitrogen and oxygen atoms in total. The van der Waals surface area contributed by atoms with Gasteiger partial charge in [0.1, 0.15) is 17.7 Å². The zero-order valence-electron chi connectivity index (χ0n) is 15.9. The maximum atomic E-state index is 12.3. The molecule has 1 saturated heterocycles. The number of rotatable bonds is 2. The highest BCUT2D eigenvalue weighted by Crippen LogP contribution is 2.34. The zero-order valence-corrected chi connectivity index (χ0v) is 15.9. The summed E-state index contributed by atoms with van der Waals surface area (Å²) in [5, 5.41) is 0. The standard InChI is InChI=1S/C19H30N4O2/c1-14-12-22(18(24)25-19(2,3)4)9-10-23(14)17-11-16(20-13-21-17)15-7-5-6-8-15/h11,13-15H,5-10,12H2,1-4H3/t14-/m1/s1. The van der Waals surface area contributed by atoms with Crippen molar-refractivity contribution in [3.8, 4) is 0 Å². The number of anilines is 1. The van der Waals surface area contributed by atoms with Crippen LogP contribution in [0.4, 0.5) is 10.6 Å². The quantitative estimate of drug-likeness (QED) is 0.819. The van der Waals surface area contributed by atoms with Gasteiger partial charge in [0.05, 0.1) is 0 Å². The first kappa shape index (κ1) is 18.0. The van der Waals surface area contributed by atoms with Gasteiger partial charge in [0.25, 0.3) is 0 Å². The van der Waals surface area contributed by atoms with Crippen LogP contribution >= 0.6 is 0 Å². The Bertz CT molecular complexity index is 608. The fraction of sp³-hybridized carbons (Fsp3) is 0.737. The number of carbonyl (C=O) groups is 1. The third-order valence-corrected chi connectivity index (χ3v) is 5.02. The molecule has 1 atom stereocenters. The van der Waals surface area contributed by atoms with E-state index in [1.54, 1.807) is 11.2 Å². The van der Waals surface area contributed by atoms with Gasteiger partial charge in [-0.05, 0) is 40.5 Å². The minimum absolute atomic E-state index is 0.201. The highest BCUT2D eigenvalue weighted by molar-refractivity contribution is 5.68. The van der Waals surface area contributed by atoms with Crippen molar-refractivity contribution < 1.29 is 9.53 Å². The van der Waals surface area contributed by atoms with E-state index in [9.17, 15) is 4.79 Å². The van der Waals surface area contributed by atoms with Crippen molar-refractivity contribution in [1.29, 1.82) is 0 Å². The van der Waals surface area contributed by atoms with Gasteiger partial charge in [-0.15, -0.1) is 0 Å². The SMILES string of the molecule is C[C@@H]1CN(C(=O)OC(C)(C)C)CCN1c1cc(C2CCCC2)ncn1. The molecule has 3 rings (SSSR count). The van der Waals surface area contributed by atoms with E-state index in [4.69, 9.17) is 4.74 Å². The van der Waals surface area contributed by atoms with Crippen LogP contribution < -0.4 is 4.90 Å². The summed E-state index contributed by atoms with van der Waals surface area (Å²) in [7, 11) is 0. The minimum atomic E-state index is -0.458. The van der Waals surface area contributed by atoms with Gasteiger partial charge in [-0.3, -0.25) is 0 Å². The molecule has 6 heteroatoms. The Hall–Kier alpha value is -1.85. The van der Waals surface area contributed by atoms with Crippen LogP contribution in [0.15, 0.2) is 12.4 Å². The number of hydrogen-bond donors (Lipinski definition) is 0. The summed E-state index contributed by atoms with van der Waals surface area (Å²) in [6.07, 6.45) is 6.53. The Balaban J connectivity index is 1.65. The smallest absolute Gasteiger partial charge is 0.410 e. The lowest BCUT2D eigenvalue weighted by molar-refractivity contribution is 0.0218. The molecule has 1 amide bonds. The molecule has 1 aromatic rings. The summed E-state index contributed by atoms with van der Waals surface area (Å²) < 4.78 is 5.50. The number of amides is 1. The van der Waals surface area contributed by atoms with Gasteiger partial charge in [0.15, 0.2) is 0 Å². The van der Waals surface area contributed by atoms with Gasteiger partial charge in [-0.2, -0.15) is 0 Å². The molecule has 1 saturated carbocycles. The molecule has 138 valence electrons. The Labute approximate surface area is 150 Å². The monoisotopic (exact) mass is 346 g/mol. The van der Waals surface area contributed by atoms with Crippen LogP contribution in [-0.2, 0) is 4.74 Å². The molecule has 0 aromatic carbocycles. The number of aromatic nitrogens is 2. The molecule has 2 heterocycles. The first-order valence-electron chi connectivity index (χ1n) is 9.40. The molecule has 2 aliphatic rings. The highest BCUT2D eigenvalue weighted by atomic mass is 16.6. The second-order valence-corrected chi connectivity index (χ2v) is 8.25. The van der Waals surface area contributed by atoms with E-state index in [1.165, 1.54) is 31.4 Å². The lowest BCUT2D eigenvalue weighted by Gasteiger charge is -2.40. The van der Waals surface area contributed by atoms with E-state index in [-0.39, 0.29) is 12.1 Å². The summed E-state index contributed by atoms with van der Waals surface area (Å²) in [5.41, 5.74) is 0.713. The van der Waals surface area contributed by atoms with Crippen LogP contribution in [-0.4, -0.2) is 52.2 Å². The van der Waals surface area contributed by atoms with E-state index in [0.29, 0.717) is 19.0 Å². The first-order valence-corrected chi connectivity index (χ1v) is 9.40. The van der Waals surface area contributed by atoms with Crippen molar-refractivity contribution in [1.82, 2.24) is 14.9 Å². The zero-order chi connectivity index (χ0) is 18.0. The number of carbonyl (C=O) groups excluding carboxylic acids is 1. The van der Waals surface area contributed by atoms with Gasteiger partial charge >= 0.3 is 6.09 Å². The number of hydrogen-bond acceptors (Lipinski definition) is 5. The van der Waals surface area contributed by atoms with Crippen molar-refractivity contribution >= 4 is 11.9 Å². The molecule has 0 spiro atoms. The van der Waals surface area contributed by atoms with Crippen LogP contribution in [0.2, 0.25) is 0 Å². The Morgan fingerprint density at radius 1 is 1.20 bits per heavy atom. The summed E-state index contributed by atoms with van der Waals surface area (Å²) >= 11 is 0. The van der Waals surface area contributed by atoms with Crippen molar-refractivity contribution in [3.63, 3.8) is 0 Å². The molecular formula is C19H30N4O2. The van der Waals surface area contributed by atoms with Crippen LogP contribution in [0.5, 0.6) is 0 Å². The van der Waals surface area contributed by atoms with Gasteiger partial charge in [-0.25, -0.2) is 14.8 Å². The fourth-order valence-electron chi connectivity index (χ4n) is 3.75. The Kier molecular flexibility index (Phi) is 5.16. The maximum Gasteiger partial charge on any atom is 0.410 e. The summed E-state index contributed by atoms with van der Waals surface area (Å²) in [6.45, 7) is 9.90. The number of nitrogens with zero attached hydrogens (tertiary/aromatic N) is 4. The van der Waals surface area contributed by atoms with Crippen LogP contribution in [0.25, 0.3) is 0 Å². The van der Waals surface area contributed by atoms with Crippen molar-refractivity contribution in [2.24, 2.45) is 0 Å². The molecule has 1 aliphatic heterocycles. The maximum absolute atomic E-state index is 12.3. The summed E-state index contributed by atoms with van der Waals surface area (Å²) in [5.74, 6) is 1.56. The third kappa shape index (κ3) is 4.41. The molecule has 1 aromatic heterocycles. The van der Waals surface area contributed by atoms with E-state index in [0.717, 1.165) is 12.4 Å². The average molecular weight is 346 g/mol. The lowest BCUT2D eigenvalue weighted by atomic mass is 10.0. The second kappa shape index (κ2) is 7.18. The van der Waals surface area contributed by atoms with E-state index in [1.807, 2.05) is 20.8 Å². The molecule has 2 fully saturated rings. The molecular weight excluding hydrogens is 316 g/mol. The molecule has 1 aliphatic carbocycles. The topological polar surface area (TPSA) is 58.6 Å². The van der Waals surface area contributed by atoms with Gasteiger partial charge < -0.3 is 14.5 Å². The van der Waals surface area contributed by atoms with E-state index in [2.05, 4.69) is 27.9 Å². The van der Waals surface area contributed by atoms with E-state index >= 15 is 0 Å². The molecule has 0 unspecified atom stereocenters. The van der Waals surface area contributed by atoms with Crippen LogP contribution in [0.1, 0.15) is 65.0 Å². The van der Waals surface area contributed by atoms with Crippen molar-refractivity contribution in [3.05, 3.63) is 18.1 Å². The Morgan fingerprint density at radius 3 is 2.56 bits per heavy atom. The van der Waals surface area contributed by atoms with E-state index < -0.39 is 5.60 Å². The molecule has 0 bridgehead atoms.